The zero-order chi connectivity index (χ0) is 85.3. The molecule has 0 amide bonds. The van der Waals surface area contributed by atoms with Gasteiger partial charge in [0.1, 0.15) is 23.1 Å². The lowest BCUT2D eigenvalue weighted by Crippen LogP contribution is -2.31. The molecule has 0 aliphatic heterocycles. The Hall–Kier alpha value is -11.1. The Morgan fingerprint density at radius 3 is 1.15 bits per heavy atom. The van der Waals surface area contributed by atoms with Crippen molar-refractivity contribution in [3.05, 3.63) is 264 Å². The molecule has 0 radical (unpaired) electrons. The maximum Gasteiger partial charge on any atom is 0.488 e. The maximum atomic E-state index is 14.7. The average Bonchev–Trinajstić information content (AvgIpc) is 1.60. The van der Waals surface area contributed by atoms with Crippen molar-refractivity contribution in [1.82, 2.24) is 40.8 Å². The number of methoxy groups -OCH3 is 3. The molecule has 0 spiro atoms. The maximum absolute atomic E-state index is 14.7. The van der Waals surface area contributed by atoms with Crippen LogP contribution in [-0.2, 0) is 50.1 Å². The third-order valence-electron chi connectivity index (χ3n) is 18.2. The molecule has 0 fully saturated rings. The number of hydrogen-bond acceptors (Lipinski definition) is 18. The van der Waals surface area contributed by atoms with Crippen molar-refractivity contribution in [2.45, 2.75) is 38.3 Å². The number of H-pyrrole nitrogens is 1. The van der Waals surface area contributed by atoms with Crippen molar-refractivity contribution in [3.63, 3.8) is 0 Å². The molecular weight excluding hydrogens is 1690 g/mol. The lowest BCUT2D eigenvalue weighted by Gasteiger charge is -2.12. The highest BCUT2D eigenvalue weighted by Crippen LogP contribution is 2.44. The molecular formula is C80H71BBrF6N9O15S5. The average molecular weight is 1760 g/mol. The van der Waals surface area contributed by atoms with Crippen molar-refractivity contribution >= 4 is 112 Å². The van der Waals surface area contributed by atoms with E-state index in [-0.39, 0.29) is 91.7 Å². The summed E-state index contributed by atoms with van der Waals surface area (Å²) in [5.74, 6) is -5.63. The van der Waals surface area contributed by atoms with Gasteiger partial charge in [0.05, 0.1) is 45.8 Å². The lowest BCUT2D eigenvalue weighted by atomic mass is 9.80. The van der Waals surface area contributed by atoms with E-state index in [0.29, 0.717) is 60.8 Å². The number of aromatic amines is 1. The van der Waals surface area contributed by atoms with E-state index in [1.54, 1.807) is 85.2 Å². The first-order valence-corrected chi connectivity index (χ1v) is 42.5. The number of rotatable bonds is 19. The third-order valence-corrected chi connectivity index (χ3v) is 27.4. The van der Waals surface area contributed by atoms with Crippen molar-refractivity contribution in [3.8, 4) is 72.9 Å². The molecule has 0 aliphatic rings. The predicted octanol–water partition coefficient (Wildman–Crippen LogP) is 13.8. The molecule has 0 saturated carbocycles. The van der Waals surface area contributed by atoms with Gasteiger partial charge >= 0.3 is 7.12 Å². The lowest BCUT2D eigenvalue weighted by molar-refractivity contribution is 0.386. The summed E-state index contributed by atoms with van der Waals surface area (Å²) < 4.78 is 235. The van der Waals surface area contributed by atoms with Crippen LogP contribution in [0.2, 0.25) is 0 Å². The number of aryl methyl sites for hydroxylation is 2. The van der Waals surface area contributed by atoms with E-state index >= 15 is 0 Å². The quantitative estimate of drug-likeness (QED) is 0.0500. The van der Waals surface area contributed by atoms with Crippen LogP contribution >= 0.6 is 15.9 Å². The number of nitrogens with zero attached hydrogens (tertiary/aromatic N) is 8. The summed E-state index contributed by atoms with van der Waals surface area (Å²) in [5.41, 5.74) is 6.05. The summed E-state index contributed by atoms with van der Waals surface area (Å²) in [7, 11) is -8.32. The highest BCUT2D eigenvalue weighted by molar-refractivity contribution is 9.10. The first-order valence-electron chi connectivity index (χ1n) is 34.5. The Labute approximate surface area is 679 Å². The number of hydrogen-bond donors (Lipinski definition) is 3. The van der Waals surface area contributed by atoms with Crippen LogP contribution in [-0.4, -0.2) is 164 Å². The van der Waals surface area contributed by atoms with E-state index in [0.717, 1.165) is 50.2 Å². The summed E-state index contributed by atoms with van der Waals surface area (Å²) in [4.78, 5) is 16.4. The molecule has 0 unspecified atom stereocenters. The van der Waals surface area contributed by atoms with Crippen LogP contribution in [0, 0.1) is 48.8 Å². The van der Waals surface area contributed by atoms with Crippen molar-refractivity contribution in [2.75, 3.05) is 63.6 Å². The molecule has 0 bridgehead atoms. The molecule has 8 aromatic carbocycles. The van der Waals surface area contributed by atoms with Gasteiger partial charge in [-0.3, -0.25) is 0 Å². The summed E-state index contributed by atoms with van der Waals surface area (Å²) in [6, 6.07) is 41.4. The zero-order valence-electron chi connectivity index (χ0n) is 63.8. The highest BCUT2D eigenvalue weighted by Gasteiger charge is 2.30. The van der Waals surface area contributed by atoms with Crippen LogP contribution < -0.4 is 19.7 Å². The second-order valence-electron chi connectivity index (χ2n) is 26.5. The molecule has 6 aromatic heterocycles. The summed E-state index contributed by atoms with van der Waals surface area (Å²) >= 11 is 3.32. The van der Waals surface area contributed by atoms with E-state index in [9.17, 15) is 68.4 Å². The van der Waals surface area contributed by atoms with Gasteiger partial charge in [-0.2, -0.15) is 0 Å². The van der Waals surface area contributed by atoms with Gasteiger partial charge in [0.2, 0.25) is 30.1 Å². The van der Waals surface area contributed by atoms with Gasteiger partial charge in [0.25, 0.3) is 20.0 Å². The number of fused-ring (bicyclic) bond motifs is 3. The number of ether oxygens (including phenoxy) is 3. The SMILES string of the molecule is CN(C)S(=O)(=O)c1cccc(B(O)O)c1.COc1c(F)cc(F)cc1-c1c[nH]c2ncc(-c3cccc(S(=O)(=O)N(C)C)c3)cc12.COc1c(F)cc(F)cc1-c1cn(S(=O)(=O)c2ccc(C)cc2)c2ncc(-c3cccc(S(=O)(=O)N(C)C)c3)cc12.COc1c(F)cc(F)cc1-c1cn(S(=O)(=O)c2ccc(C)cc2)c2ncc(Br)cc12. The van der Waals surface area contributed by atoms with Crippen LogP contribution in [0.4, 0.5) is 26.3 Å². The van der Waals surface area contributed by atoms with Gasteiger partial charge < -0.3 is 29.2 Å². The molecule has 24 nitrogen and oxygen atoms in total. The van der Waals surface area contributed by atoms with Crippen LogP contribution in [0.5, 0.6) is 17.2 Å². The van der Waals surface area contributed by atoms with Crippen LogP contribution in [0.3, 0.4) is 0 Å². The van der Waals surface area contributed by atoms with Crippen molar-refractivity contribution in [2.24, 2.45) is 0 Å². The molecule has 0 saturated heterocycles. The molecule has 14 aromatic rings. The van der Waals surface area contributed by atoms with E-state index in [1.807, 2.05) is 13.8 Å². The molecule has 608 valence electrons. The van der Waals surface area contributed by atoms with Crippen molar-refractivity contribution in [1.29, 1.82) is 0 Å². The number of benzene rings is 8. The van der Waals surface area contributed by atoms with E-state index in [4.69, 9.17) is 24.3 Å². The smallest absolute Gasteiger partial charge is 0.488 e. The first kappa shape index (κ1) is 86.8. The summed E-state index contributed by atoms with van der Waals surface area (Å²) in [6.07, 6.45) is 8.63. The third kappa shape index (κ3) is 17.9. The minimum absolute atomic E-state index is 0.00333. The Kier molecular flexibility index (Phi) is 25.7. The number of nitrogens with one attached hydrogen (secondary N) is 1. The highest BCUT2D eigenvalue weighted by atomic mass is 79.9. The molecule has 0 aliphatic carbocycles. The Bertz CT molecular complexity index is 6790. The Balaban J connectivity index is 0.000000160. The van der Waals surface area contributed by atoms with Crippen LogP contribution in [0.15, 0.2) is 242 Å². The molecule has 14 rings (SSSR count). The van der Waals surface area contributed by atoms with Crippen LogP contribution in [0.1, 0.15) is 11.1 Å². The molecule has 37 heteroatoms. The molecule has 0 atom stereocenters. The second kappa shape index (κ2) is 34.6. The van der Waals surface area contributed by atoms with Crippen molar-refractivity contribution < 1.29 is 92.7 Å². The van der Waals surface area contributed by atoms with Crippen LogP contribution in [0.25, 0.3) is 88.7 Å². The number of sulfonamides is 3. The topological polar surface area (TPSA) is 313 Å². The fraction of sp³-hybridized carbons (Fsp3) is 0.138. The van der Waals surface area contributed by atoms with Gasteiger partial charge in [0, 0.05) is 163 Å². The normalized spacial score (nSPS) is 12.0. The first-order chi connectivity index (χ1) is 55.1. The Morgan fingerprint density at radius 2 is 0.761 bits per heavy atom. The largest absolute Gasteiger partial charge is 0.493 e. The minimum atomic E-state index is -4.18. The van der Waals surface area contributed by atoms with Gasteiger partial charge in [-0.25, -0.2) is 104 Å². The fourth-order valence-corrected chi connectivity index (χ4v) is 18.0. The standard InChI is InChI=1S/C29H25F2N3O5S2.C22H19F2N3O3S.C21H15BrF2N2O3S.C8H12BNO4S/c1-18-8-10-22(11-9-18)41(37,38)34-17-26(24-14-21(30)15-27(31)28(24)39-4)25-13-20(16-32-29(25)34)19-6-5-7-23(12-19)40(35,36)33(2)3;1-27(2)31(28,29)16-6-4-5-13(7-16)14-8-18-19(12-26-22(18)25-11-14)17-9-15(23)10-20(24)21(17)30-3;1-12-3-5-15(6-4-12)30(27,28)26-11-18(17-7-13(22)10-25-21(17)26)16-8-14(23)9-19(24)20(16)29-2;1-10(2)15(13,14)8-5-3-4-7(6-8)9(11)12/h5-17H,1-4H3;4-12H,1-3H3,(H,25,26);3-11H,1-2H3;3-6,11-12H,1-2H3. The monoisotopic (exact) mass is 1760 g/mol. The summed E-state index contributed by atoms with van der Waals surface area (Å²) in [6.45, 7) is 3.68. The number of aromatic nitrogens is 6. The van der Waals surface area contributed by atoms with E-state index in [1.165, 1.54) is 161 Å². The van der Waals surface area contributed by atoms with Gasteiger partial charge in [0.15, 0.2) is 46.0 Å². The number of halogens is 7. The second-order valence-corrected chi connectivity index (χ2v) is 37.5. The van der Waals surface area contributed by atoms with Gasteiger partial charge in [-0.1, -0.05) is 71.8 Å². The van der Waals surface area contributed by atoms with Gasteiger partial charge in [-0.05, 0) is 143 Å². The van der Waals surface area contributed by atoms with Gasteiger partial charge in [-0.15, -0.1) is 0 Å². The fourth-order valence-electron chi connectivity index (χ4n) is 12.2. The minimum Gasteiger partial charge on any atom is -0.493 e. The Morgan fingerprint density at radius 1 is 0.402 bits per heavy atom. The molecule has 3 N–H and O–H groups in total. The van der Waals surface area contributed by atoms with E-state index < -0.39 is 92.1 Å². The molecule has 6 heterocycles. The summed E-state index contributed by atoms with van der Waals surface area (Å²) in [5, 5.41) is 19.1. The van der Waals surface area contributed by atoms with E-state index in [2.05, 4.69) is 35.9 Å². The number of pyridine rings is 3. The molecule has 117 heavy (non-hydrogen) atoms. The zero-order valence-corrected chi connectivity index (χ0v) is 69.4. The predicted molar refractivity (Wildman–Crippen MR) is 436 cm³/mol.